The second-order valence-corrected chi connectivity index (χ2v) is 13.2. The highest BCUT2D eigenvalue weighted by Crippen LogP contribution is 2.42. The maximum absolute atomic E-state index is 13.3. The van der Waals surface area contributed by atoms with Crippen LogP contribution in [-0.2, 0) is 57.1 Å². The molecule has 2 aliphatic rings. The molecule has 0 saturated carbocycles. The van der Waals surface area contributed by atoms with E-state index in [2.05, 4.69) is 17.6 Å². The predicted octanol–water partition coefficient (Wildman–Crippen LogP) is 5.18. The molecule has 1 unspecified atom stereocenters. The fraction of sp³-hybridized carbons (Fsp3) is 0.526. The zero-order valence-corrected chi connectivity index (χ0v) is 31.1. The number of amides is 2. The number of urea groups is 1. The number of carbonyl (C=O) groups excluding carboxylic acids is 6. The van der Waals surface area contributed by atoms with Crippen LogP contribution in [0.3, 0.4) is 0 Å². The van der Waals surface area contributed by atoms with E-state index in [1.54, 1.807) is 42.5 Å². The third-order valence-corrected chi connectivity index (χ3v) is 9.20. The van der Waals surface area contributed by atoms with Crippen LogP contribution in [0.15, 0.2) is 48.5 Å². The molecule has 0 spiro atoms. The molecule has 2 saturated heterocycles. The molecule has 2 amide bonds. The Balaban J connectivity index is 1.59. The summed E-state index contributed by atoms with van der Waals surface area (Å²) in [5.41, 5.74) is 1.90. The van der Waals surface area contributed by atoms with Gasteiger partial charge in [-0.05, 0) is 47.7 Å². The quantitative estimate of drug-likeness (QED) is 0.227. The van der Waals surface area contributed by atoms with Gasteiger partial charge in [0.25, 0.3) is 0 Å². The highest BCUT2D eigenvalue weighted by atomic mass is 16.7. The van der Waals surface area contributed by atoms with Crippen molar-refractivity contribution in [2.24, 2.45) is 11.8 Å². The summed E-state index contributed by atoms with van der Waals surface area (Å²) in [7, 11) is 0. The molecule has 2 aliphatic heterocycles. The van der Waals surface area contributed by atoms with Gasteiger partial charge in [-0.1, -0.05) is 45.0 Å². The second-order valence-electron chi connectivity index (χ2n) is 13.2. The zero-order valence-electron chi connectivity index (χ0n) is 31.1. The van der Waals surface area contributed by atoms with Crippen LogP contribution in [0, 0.1) is 11.8 Å². The maximum atomic E-state index is 13.3. The maximum Gasteiger partial charge on any atom is 0.323 e. The fourth-order valence-electron chi connectivity index (χ4n) is 6.78. The summed E-state index contributed by atoms with van der Waals surface area (Å²) in [5.74, 6) is -3.08. The van der Waals surface area contributed by atoms with Crippen LogP contribution < -0.4 is 10.6 Å². The first-order chi connectivity index (χ1) is 25.1. The molecule has 2 heterocycles. The van der Waals surface area contributed by atoms with Crippen LogP contribution in [0.5, 0.6) is 0 Å². The van der Waals surface area contributed by atoms with Crippen molar-refractivity contribution in [3.63, 3.8) is 0 Å². The van der Waals surface area contributed by atoms with Crippen molar-refractivity contribution in [3.05, 3.63) is 59.7 Å². The highest BCUT2D eigenvalue weighted by Gasteiger charge is 2.52. The Bertz CT molecular complexity index is 1660. The predicted molar refractivity (Wildman–Crippen MR) is 188 cm³/mol. The van der Waals surface area contributed by atoms with Crippen molar-refractivity contribution >= 4 is 47.3 Å². The molecule has 53 heavy (non-hydrogen) atoms. The molecule has 2 N–H and O–H groups in total. The van der Waals surface area contributed by atoms with Gasteiger partial charge in [0.15, 0.2) is 18.3 Å². The zero-order chi connectivity index (χ0) is 39.0. The van der Waals surface area contributed by atoms with Crippen LogP contribution >= 0.6 is 0 Å². The van der Waals surface area contributed by atoms with Crippen molar-refractivity contribution in [1.82, 2.24) is 0 Å². The van der Waals surface area contributed by atoms with Gasteiger partial charge in [-0.2, -0.15) is 0 Å². The number of esters is 5. The normalized spacial score (nSPS) is 28.1. The lowest BCUT2D eigenvalue weighted by molar-refractivity contribution is -0.254. The van der Waals surface area contributed by atoms with Gasteiger partial charge in [0.2, 0.25) is 0 Å². The average Bonchev–Trinajstić information content (AvgIpc) is 3.07. The summed E-state index contributed by atoms with van der Waals surface area (Å²) < 4.78 is 40.2. The van der Waals surface area contributed by atoms with Gasteiger partial charge in [-0.25, -0.2) is 4.79 Å². The summed E-state index contributed by atoms with van der Waals surface area (Å²) >= 11 is 0. The summed E-state index contributed by atoms with van der Waals surface area (Å²) in [5, 5.41) is 5.60. The van der Waals surface area contributed by atoms with E-state index in [-0.39, 0.29) is 24.5 Å². The van der Waals surface area contributed by atoms with Gasteiger partial charge in [0.05, 0.1) is 6.10 Å². The molecule has 288 valence electrons. The monoisotopic (exact) mass is 740 g/mol. The van der Waals surface area contributed by atoms with Gasteiger partial charge in [0, 0.05) is 51.9 Å². The Hall–Kier alpha value is -5.02. The van der Waals surface area contributed by atoms with Crippen LogP contribution in [0.4, 0.5) is 16.2 Å². The minimum atomic E-state index is -1.35. The van der Waals surface area contributed by atoms with Gasteiger partial charge < -0.3 is 43.8 Å². The lowest BCUT2D eigenvalue weighted by Gasteiger charge is -2.44. The van der Waals surface area contributed by atoms with E-state index in [9.17, 15) is 28.8 Å². The number of benzene rings is 2. The smallest absolute Gasteiger partial charge is 0.323 e. The van der Waals surface area contributed by atoms with E-state index < -0.39 is 78.6 Å². The van der Waals surface area contributed by atoms with E-state index in [0.717, 1.165) is 32.8 Å². The number of rotatable bonds is 11. The molecular formula is C38H48N2O13. The van der Waals surface area contributed by atoms with E-state index in [0.29, 0.717) is 16.9 Å². The fourth-order valence-corrected chi connectivity index (χ4v) is 6.78. The van der Waals surface area contributed by atoms with Crippen LogP contribution in [0.1, 0.15) is 85.1 Å². The van der Waals surface area contributed by atoms with Crippen molar-refractivity contribution in [3.8, 4) is 0 Å². The molecule has 2 fully saturated rings. The van der Waals surface area contributed by atoms with E-state index in [4.69, 9.17) is 33.2 Å². The van der Waals surface area contributed by atoms with E-state index in [1.165, 1.54) is 13.8 Å². The Morgan fingerprint density at radius 2 is 1.04 bits per heavy atom. The Morgan fingerprint density at radius 3 is 1.53 bits per heavy atom. The molecule has 0 bridgehead atoms. The first-order valence-corrected chi connectivity index (χ1v) is 17.5. The van der Waals surface area contributed by atoms with Crippen molar-refractivity contribution in [2.45, 2.75) is 111 Å². The number of anilines is 2. The number of nitrogens with one attached hydrogen (secondary N) is 2. The molecule has 10 atom stereocenters. The van der Waals surface area contributed by atoms with Gasteiger partial charge >= 0.3 is 35.9 Å². The molecular weight excluding hydrogens is 692 g/mol. The van der Waals surface area contributed by atoms with Crippen LogP contribution in [0.25, 0.3) is 0 Å². The van der Waals surface area contributed by atoms with Crippen molar-refractivity contribution in [1.29, 1.82) is 0 Å². The van der Waals surface area contributed by atoms with Gasteiger partial charge in [0.1, 0.15) is 31.0 Å². The second kappa shape index (κ2) is 18.1. The number of hydrogen-bond acceptors (Lipinski definition) is 13. The number of carbonyl (C=O) groups is 6. The third-order valence-electron chi connectivity index (χ3n) is 9.20. The van der Waals surface area contributed by atoms with Crippen molar-refractivity contribution < 1.29 is 61.9 Å². The van der Waals surface area contributed by atoms with Gasteiger partial charge in [-0.15, -0.1) is 0 Å². The Morgan fingerprint density at radius 1 is 0.585 bits per heavy atom. The van der Waals surface area contributed by atoms with Gasteiger partial charge in [-0.3, -0.25) is 24.0 Å². The first kappa shape index (κ1) is 40.7. The largest absolute Gasteiger partial charge is 0.463 e. The lowest BCUT2D eigenvalue weighted by atomic mass is 9.79. The standard InChI is InChI=1S/C38H48N2O13/c1-9-30-19(2)20(3)32(48-22(5)42)33(52-30)26-12-10-14-28(16-26)39-38(46)40-29-15-11-13-27(17-29)34-36(50-24(7)44)37(51-25(8)45)35(49-23(6)43)31(53-34)18-47-21(4)41/h10-17,19-20,30-37H,9,18H2,1-8H3,(H2,39,40,46)/t19-,20-,30+,31+,32-,33+,34+,35?,36+,37-/m0/s1. The minimum Gasteiger partial charge on any atom is -0.463 e. The van der Waals surface area contributed by atoms with E-state index in [1.807, 2.05) is 19.9 Å². The highest BCUT2D eigenvalue weighted by molar-refractivity contribution is 5.99. The molecule has 2 aromatic carbocycles. The summed E-state index contributed by atoms with van der Waals surface area (Å²) in [4.78, 5) is 73.6. The minimum absolute atomic E-state index is 0.0252. The summed E-state index contributed by atoms with van der Waals surface area (Å²) in [6.45, 7) is 11.8. The number of ether oxygens (including phenoxy) is 7. The first-order valence-electron chi connectivity index (χ1n) is 17.5. The topological polar surface area (TPSA) is 191 Å². The summed E-state index contributed by atoms with van der Waals surface area (Å²) in [6, 6.07) is 13.0. The Labute approximate surface area is 308 Å². The lowest BCUT2D eigenvalue weighted by Crippen LogP contribution is -2.59. The molecule has 4 rings (SSSR count). The van der Waals surface area contributed by atoms with Crippen molar-refractivity contribution in [2.75, 3.05) is 17.2 Å². The third kappa shape index (κ3) is 10.8. The molecule has 2 aromatic rings. The molecule has 15 nitrogen and oxygen atoms in total. The van der Waals surface area contributed by atoms with E-state index >= 15 is 0 Å². The number of hydrogen-bond donors (Lipinski definition) is 2. The molecule has 0 aliphatic carbocycles. The molecule has 0 radical (unpaired) electrons. The molecule has 15 heteroatoms. The molecule has 0 aromatic heterocycles. The SMILES string of the molecule is CC[C@H]1O[C@H](c2cccc(NC(=O)Nc3cccc([C@H]4O[C@H](COC(C)=O)C(OC(C)=O)[C@H](OC(C)=O)[C@@H]4OC(C)=O)c3)c2)[C@@H](OC(C)=O)[C@@H](C)[C@@H]1C. The Kier molecular flexibility index (Phi) is 14.0. The van der Waals surface area contributed by atoms with Crippen LogP contribution in [0.2, 0.25) is 0 Å². The summed E-state index contributed by atoms with van der Waals surface area (Å²) in [6.07, 6.45) is -6.55. The van der Waals surface area contributed by atoms with Crippen LogP contribution in [-0.4, -0.2) is 79.1 Å². The average molecular weight is 741 g/mol.